The minimum Gasteiger partial charge on any atom is -0.497 e. The lowest BCUT2D eigenvalue weighted by Gasteiger charge is -2.30. The molecule has 5 nitrogen and oxygen atoms in total. The second-order valence-electron chi connectivity index (χ2n) is 8.32. The fraction of sp³-hybridized carbons (Fsp3) is 0.360. The van der Waals surface area contributed by atoms with E-state index in [1.54, 1.807) is 7.11 Å². The molecule has 1 aliphatic heterocycles. The van der Waals surface area contributed by atoms with E-state index < -0.39 is 0 Å². The fourth-order valence-electron chi connectivity index (χ4n) is 4.04. The van der Waals surface area contributed by atoms with Gasteiger partial charge < -0.3 is 9.64 Å². The van der Waals surface area contributed by atoms with E-state index in [0.717, 1.165) is 54.2 Å². The maximum Gasteiger partial charge on any atom is 0.272 e. The van der Waals surface area contributed by atoms with Gasteiger partial charge in [-0.1, -0.05) is 24.6 Å². The fourth-order valence-corrected chi connectivity index (χ4v) is 4.04. The van der Waals surface area contributed by atoms with Crippen LogP contribution in [0.5, 0.6) is 5.75 Å². The molecule has 0 radical (unpaired) electrons. The summed E-state index contributed by atoms with van der Waals surface area (Å²) in [6.07, 6.45) is 2.10. The highest BCUT2D eigenvalue weighted by atomic mass is 16.5. The van der Waals surface area contributed by atoms with E-state index in [0.29, 0.717) is 11.6 Å². The van der Waals surface area contributed by atoms with Gasteiger partial charge in [-0.05, 0) is 74.6 Å². The summed E-state index contributed by atoms with van der Waals surface area (Å²) in [5.41, 5.74) is 5.58. The SMILES string of the molecule is COc1ccc(-c2cc(C(=O)N3CCC(C)CC3)n(-c3ccc(C)cc3C)n2)cc1. The van der Waals surface area contributed by atoms with Crippen molar-refractivity contribution in [3.05, 3.63) is 65.4 Å². The molecule has 0 unspecified atom stereocenters. The van der Waals surface area contributed by atoms with Crippen molar-refractivity contribution in [2.75, 3.05) is 20.2 Å². The summed E-state index contributed by atoms with van der Waals surface area (Å²) in [4.78, 5) is 15.4. The van der Waals surface area contributed by atoms with Crippen LogP contribution in [0, 0.1) is 19.8 Å². The monoisotopic (exact) mass is 403 g/mol. The summed E-state index contributed by atoms with van der Waals surface area (Å²) in [5, 5.41) is 4.86. The molecule has 156 valence electrons. The van der Waals surface area contributed by atoms with E-state index in [1.807, 2.05) is 46.0 Å². The summed E-state index contributed by atoms with van der Waals surface area (Å²) >= 11 is 0. The number of methoxy groups -OCH3 is 1. The van der Waals surface area contributed by atoms with Crippen LogP contribution in [0.3, 0.4) is 0 Å². The van der Waals surface area contributed by atoms with Crippen molar-refractivity contribution in [1.29, 1.82) is 0 Å². The molecule has 3 aromatic rings. The molecule has 1 fully saturated rings. The van der Waals surface area contributed by atoms with Gasteiger partial charge in [-0.15, -0.1) is 0 Å². The van der Waals surface area contributed by atoms with Gasteiger partial charge >= 0.3 is 0 Å². The Morgan fingerprint density at radius 3 is 2.37 bits per heavy atom. The number of likely N-dealkylation sites (tertiary alicyclic amines) is 1. The highest BCUT2D eigenvalue weighted by Crippen LogP contribution is 2.27. The Morgan fingerprint density at radius 1 is 1.03 bits per heavy atom. The zero-order valence-electron chi connectivity index (χ0n) is 18.2. The third-order valence-electron chi connectivity index (χ3n) is 5.97. The maximum absolute atomic E-state index is 13.5. The molecule has 0 N–H and O–H groups in total. The standard InChI is InChI=1S/C25H29N3O2/c1-17-11-13-27(14-12-17)25(29)24-16-22(20-6-8-21(30-4)9-7-20)26-28(24)23-10-5-18(2)15-19(23)3/h5-10,15-17H,11-14H2,1-4H3. The molecular weight excluding hydrogens is 374 g/mol. The van der Waals surface area contributed by atoms with Crippen LogP contribution >= 0.6 is 0 Å². The number of amides is 1. The smallest absolute Gasteiger partial charge is 0.272 e. The molecule has 0 aliphatic carbocycles. The molecule has 1 amide bonds. The largest absolute Gasteiger partial charge is 0.497 e. The number of carbonyl (C=O) groups is 1. The van der Waals surface area contributed by atoms with Crippen molar-refractivity contribution < 1.29 is 9.53 Å². The summed E-state index contributed by atoms with van der Waals surface area (Å²) in [5.74, 6) is 1.52. The Bertz CT molecular complexity index is 1040. The van der Waals surface area contributed by atoms with E-state index in [-0.39, 0.29) is 5.91 Å². The topological polar surface area (TPSA) is 47.4 Å². The first kappa shape index (κ1) is 20.2. The van der Waals surface area contributed by atoms with Crippen molar-refractivity contribution in [2.45, 2.75) is 33.6 Å². The van der Waals surface area contributed by atoms with Crippen molar-refractivity contribution in [3.8, 4) is 22.7 Å². The van der Waals surface area contributed by atoms with Gasteiger partial charge in [0.05, 0.1) is 18.5 Å². The third-order valence-corrected chi connectivity index (χ3v) is 5.97. The molecule has 0 saturated carbocycles. The summed E-state index contributed by atoms with van der Waals surface area (Å²) < 4.78 is 7.08. The number of carbonyl (C=O) groups excluding carboxylic acids is 1. The lowest BCUT2D eigenvalue weighted by molar-refractivity contribution is 0.0688. The number of rotatable bonds is 4. The summed E-state index contributed by atoms with van der Waals surface area (Å²) in [6.45, 7) is 7.99. The molecule has 2 heterocycles. The quantitative estimate of drug-likeness (QED) is 0.613. The number of hydrogen-bond acceptors (Lipinski definition) is 3. The lowest BCUT2D eigenvalue weighted by Crippen LogP contribution is -2.38. The minimum atomic E-state index is 0.0501. The van der Waals surface area contributed by atoms with Crippen molar-refractivity contribution >= 4 is 5.91 Å². The van der Waals surface area contributed by atoms with Gasteiger partial charge in [0.25, 0.3) is 5.91 Å². The Morgan fingerprint density at radius 2 is 1.73 bits per heavy atom. The van der Waals surface area contributed by atoms with Gasteiger partial charge in [-0.25, -0.2) is 4.68 Å². The van der Waals surface area contributed by atoms with Gasteiger partial charge in [0.15, 0.2) is 0 Å². The summed E-state index contributed by atoms with van der Waals surface area (Å²) in [7, 11) is 1.65. The molecule has 1 saturated heterocycles. The molecular formula is C25H29N3O2. The first-order valence-electron chi connectivity index (χ1n) is 10.6. The van der Waals surface area contributed by atoms with Gasteiger partial charge in [0, 0.05) is 18.7 Å². The molecule has 0 spiro atoms. The lowest BCUT2D eigenvalue weighted by atomic mass is 9.99. The molecule has 1 aliphatic rings. The molecule has 0 atom stereocenters. The van der Waals surface area contributed by atoms with Crippen molar-refractivity contribution in [1.82, 2.24) is 14.7 Å². The Kier molecular flexibility index (Phi) is 5.62. The average Bonchev–Trinajstić information content (AvgIpc) is 3.19. The second kappa shape index (κ2) is 8.34. The number of aryl methyl sites for hydroxylation is 2. The molecule has 0 bridgehead atoms. The number of nitrogens with zero attached hydrogens (tertiary/aromatic N) is 3. The first-order valence-corrected chi connectivity index (χ1v) is 10.6. The molecule has 1 aromatic heterocycles. The van der Waals surface area contributed by atoms with E-state index in [1.165, 1.54) is 5.56 Å². The van der Waals surface area contributed by atoms with E-state index in [4.69, 9.17) is 9.84 Å². The predicted octanol–water partition coefficient (Wildman–Crippen LogP) is 5.04. The Hall–Kier alpha value is -3.08. The van der Waals surface area contributed by atoms with Gasteiger partial charge in [-0.3, -0.25) is 4.79 Å². The van der Waals surface area contributed by atoms with Crippen LogP contribution in [-0.2, 0) is 0 Å². The van der Waals surface area contributed by atoms with Crippen LogP contribution in [-0.4, -0.2) is 40.8 Å². The van der Waals surface area contributed by atoms with E-state index >= 15 is 0 Å². The Balaban J connectivity index is 1.78. The number of aromatic nitrogens is 2. The highest BCUT2D eigenvalue weighted by molar-refractivity contribution is 5.94. The number of ether oxygens (including phenoxy) is 1. The third kappa shape index (κ3) is 3.97. The van der Waals surface area contributed by atoms with Crippen LogP contribution in [0.1, 0.15) is 41.4 Å². The molecule has 4 rings (SSSR count). The zero-order chi connectivity index (χ0) is 21.3. The first-order chi connectivity index (χ1) is 14.5. The van der Waals surface area contributed by atoms with Gasteiger partial charge in [-0.2, -0.15) is 5.10 Å². The normalized spacial score (nSPS) is 14.7. The number of hydrogen-bond donors (Lipinski definition) is 0. The molecule has 30 heavy (non-hydrogen) atoms. The molecule has 2 aromatic carbocycles. The van der Waals surface area contributed by atoms with Gasteiger partial charge in [0.2, 0.25) is 0 Å². The van der Waals surface area contributed by atoms with Gasteiger partial charge in [0.1, 0.15) is 11.4 Å². The van der Waals surface area contributed by atoms with Crippen LogP contribution in [0.25, 0.3) is 16.9 Å². The van der Waals surface area contributed by atoms with E-state index in [9.17, 15) is 4.79 Å². The van der Waals surface area contributed by atoms with Crippen LogP contribution < -0.4 is 4.74 Å². The maximum atomic E-state index is 13.5. The Labute approximate surface area is 178 Å². The number of piperidine rings is 1. The van der Waals surface area contributed by atoms with Crippen molar-refractivity contribution in [3.63, 3.8) is 0 Å². The van der Waals surface area contributed by atoms with E-state index in [2.05, 4.69) is 32.9 Å². The van der Waals surface area contributed by atoms with Crippen LogP contribution in [0.4, 0.5) is 0 Å². The predicted molar refractivity (Wildman–Crippen MR) is 119 cm³/mol. The second-order valence-corrected chi connectivity index (χ2v) is 8.32. The van der Waals surface area contributed by atoms with Crippen molar-refractivity contribution in [2.24, 2.45) is 5.92 Å². The van der Waals surface area contributed by atoms with Crippen LogP contribution in [0.2, 0.25) is 0 Å². The summed E-state index contributed by atoms with van der Waals surface area (Å²) in [6, 6.07) is 15.9. The molecule has 5 heteroatoms. The average molecular weight is 404 g/mol. The highest BCUT2D eigenvalue weighted by Gasteiger charge is 2.26. The minimum absolute atomic E-state index is 0.0501. The van der Waals surface area contributed by atoms with Crippen LogP contribution in [0.15, 0.2) is 48.5 Å². The number of benzene rings is 2. The zero-order valence-corrected chi connectivity index (χ0v) is 18.2.